The van der Waals surface area contributed by atoms with Crippen LogP contribution in [0.3, 0.4) is 0 Å². The van der Waals surface area contributed by atoms with Gasteiger partial charge in [-0.2, -0.15) is 22.0 Å². The molecule has 0 aromatic heterocycles. The van der Waals surface area contributed by atoms with Crippen molar-refractivity contribution in [2.24, 2.45) is 17.3 Å². The summed E-state index contributed by atoms with van der Waals surface area (Å²) in [5.41, 5.74) is -0.807. The zero-order chi connectivity index (χ0) is 33.2. The van der Waals surface area contributed by atoms with Crippen molar-refractivity contribution < 1.29 is 46.5 Å². The fourth-order valence-electron chi connectivity index (χ4n) is 8.50. The smallest absolute Gasteiger partial charge is 0.456 e. The minimum atomic E-state index is -5.92. The monoisotopic (exact) mass is 644 g/mol. The Bertz CT molecular complexity index is 1650. The Kier molecular flexibility index (Phi) is 7.65. The molecule has 2 unspecified atom stereocenters. The van der Waals surface area contributed by atoms with Gasteiger partial charge in [-0.1, -0.05) is 24.6 Å². The highest BCUT2D eigenvalue weighted by atomic mass is 19.4. The van der Waals surface area contributed by atoms with Crippen molar-refractivity contribution in [3.05, 3.63) is 82.5 Å². The van der Waals surface area contributed by atoms with Crippen LogP contribution >= 0.6 is 0 Å². The number of carbonyl (C=O) groups is 3. The van der Waals surface area contributed by atoms with Gasteiger partial charge in [-0.3, -0.25) is 4.79 Å². The number of hydrogen-bond donors (Lipinski definition) is 4. The average molecular weight is 645 g/mol. The van der Waals surface area contributed by atoms with Crippen molar-refractivity contribution >= 4 is 29.2 Å². The summed E-state index contributed by atoms with van der Waals surface area (Å²) in [7, 11) is 0. The number of alkyl halides is 5. The topological polar surface area (TPSA) is 116 Å². The molecule has 2 amide bonds. The van der Waals surface area contributed by atoms with E-state index in [0.717, 1.165) is 16.7 Å². The second-order valence-electron chi connectivity index (χ2n) is 13.1. The Hall–Kier alpha value is -4.06. The number of aliphatic hydroxyl groups is 1. The molecule has 5 atom stereocenters. The zero-order valence-corrected chi connectivity index (χ0v) is 24.9. The minimum Gasteiger partial charge on any atom is -0.478 e. The van der Waals surface area contributed by atoms with E-state index in [0.29, 0.717) is 36.2 Å². The molecule has 7 nitrogen and oxygen atoms in total. The molecule has 0 spiro atoms. The zero-order valence-electron chi connectivity index (χ0n) is 24.9. The molecule has 2 fully saturated rings. The second-order valence-corrected chi connectivity index (χ2v) is 13.1. The lowest BCUT2D eigenvalue weighted by Gasteiger charge is -2.56. The van der Waals surface area contributed by atoms with E-state index < -0.39 is 53.4 Å². The van der Waals surface area contributed by atoms with Crippen LogP contribution < -0.4 is 10.6 Å². The molecule has 2 aromatic rings. The van der Waals surface area contributed by atoms with Gasteiger partial charge in [0.05, 0.1) is 5.56 Å². The first kappa shape index (κ1) is 31.9. The number of benzene rings is 2. The Morgan fingerprint density at radius 2 is 1.50 bits per heavy atom. The van der Waals surface area contributed by atoms with Gasteiger partial charge in [0.1, 0.15) is 5.60 Å². The Morgan fingerprint density at radius 1 is 0.891 bits per heavy atom. The van der Waals surface area contributed by atoms with E-state index in [2.05, 4.69) is 10.6 Å². The number of carboxylic acids is 1. The largest absolute Gasteiger partial charge is 0.478 e. The van der Waals surface area contributed by atoms with Gasteiger partial charge in [0.15, 0.2) is 5.78 Å². The minimum absolute atomic E-state index is 0.00147. The van der Waals surface area contributed by atoms with E-state index in [4.69, 9.17) is 5.11 Å². The molecular weight excluding hydrogens is 611 g/mol. The Balaban J connectivity index is 1.33. The molecular formula is C34H33F5N2O5. The predicted octanol–water partition coefficient (Wildman–Crippen LogP) is 7.86. The summed E-state index contributed by atoms with van der Waals surface area (Å²) in [5, 5.41) is 25.7. The molecule has 0 aliphatic heterocycles. The van der Waals surface area contributed by atoms with Crippen molar-refractivity contribution in [1.82, 2.24) is 0 Å². The maximum absolute atomic E-state index is 15.2. The van der Waals surface area contributed by atoms with E-state index in [9.17, 15) is 32.7 Å². The second kappa shape index (κ2) is 11.0. The van der Waals surface area contributed by atoms with Crippen LogP contribution in [0.15, 0.2) is 71.3 Å². The summed E-state index contributed by atoms with van der Waals surface area (Å²) in [6, 6.07) is 11.5. The molecule has 2 aromatic carbocycles. The van der Waals surface area contributed by atoms with Crippen LogP contribution in [0, 0.1) is 17.3 Å². The first-order chi connectivity index (χ1) is 21.6. The van der Waals surface area contributed by atoms with E-state index >= 15 is 8.78 Å². The number of urea groups is 1. The van der Waals surface area contributed by atoms with Gasteiger partial charge in [-0.25, -0.2) is 9.59 Å². The Labute approximate surface area is 261 Å². The van der Waals surface area contributed by atoms with Crippen LogP contribution in [0.4, 0.5) is 38.1 Å². The molecule has 4 aliphatic rings. The van der Waals surface area contributed by atoms with Crippen molar-refractivity contribution in [1.29, 1.82) is 0 Å². The van der Waals surface area contributed by atoms with Gasteiger partial charge in [0.2, 0.25) is 0 Å². The van der Waals surface area contributed by atoms with E-state index in [1.165, 1.54) is 31.2 Å². The lowest BCUT2D eigenvalue weighted by Crippen LogP contribution is -2.65. The number of anilines is 2. The van der Waals surface area contributed by atoms with Gasteiger partial charge in [-0.05, 0) is 110 Å². The van der Waals surface area contributed by atoms with Crippen LogP contribution in [0.25, 0.3) is 0 Å². The van der Waals surface area contributed by atoms with Crippen molar-refractivity contribution in [2.75, 3.05) is 10.6 Å². The summed E-state index contributed by atoms with van der Waals surface area (Å²) in [4.78, 5) is 35.9. The molecule has 4 aliphatic carbocycles. The van der Waals surface area contributed by atoms with Crippen LogP contribution in [0.2, 0.25) is 0 Å². The van der Waals surface area contributed by atoms with Crippen LogP contribution in [0.5, 0.6) is 0 Å². The number of allylic oxidation sites excluding steroid dienone is 4. The maximum Gasteiger partial charge on any atom is 0.456 e. The number of ketones is 1. The van der Waals surface area contributed by atoms with Crippen molar-refractivity contribution in [3.8, 4) is 0 Å². The first-order valence-corrected chi connectivity index (χ1v) is 15.2. The summed E-state index contributed by atoms with van der Waals surface area (Å²) in [5.74, 6) is -7.95. The van der Waals surface area contributed by atoms with E-state index in [1.54, 1.807) is 30.3 Å². The number of aromatic carboxylic acids is 1. The fourth-order valence-corrected chi connectivity index (χ4v) is 8.50. The number of nitrogens with one attached hydrogen (secondary N) is 2. The number of carbonyl (C=O) groups excluding carboxylic acids is 2. The van der Waals surface area contributed by atoms with Crippen LogP contribution in [-0.2, 0) is 4.79 Å². The lowest BCUT2D eigenvalue weighted by atomic mass is 9.50. The number of fused-ring (bicyclic) bond motifs is 4. The third kappa shape index (κ3) is 5.01. The first-order valence-electron chi connectivity index (χ1n) is 15.2. The molecule has 12 heteroatoms. The number of halogens is 5. The highest BCUT2D eigenvalue weighted by molar-refractivity contribution is 6.00. The fraction of sp³-hybridized carbons (Fsp3) is 0.441. The highest BCUT2D eigenvalue weighted by Crippen LogP contribution is 2.70. The third-order valence-corrected chi connectivity index (χ3v) is 10.7. The quantitative estimate of drug-likeness (QED) is 0.248. The summed E-state index contributed by atoms with van der Waals surface area (Å²) < 4.78 is 71.7. The third-order valence-electron chi connectivity index (χ3n) is 10.7. The van der Waals surface area contributed by atoms with E-state index in [1.807, 2.05) is 0 Å². The molecule has 0 radical (unpaired) electrons. The number of amides is 2. The Morgan fingerprint density at radius 3 is 2.09 bits per heavy atom. The summed E-state index contributed by atoms with van der Waals surface area (Å²) in [6.07, 6.45) is -3.34. The summed E-state index contributed by atoms with van der Waals surface area (Å²) in [6.45, 7) is 1.37. The molecule has 4 N–H and O–H groups in total. The van der Waals surface area contributed by atoms with Gasteiger partial charge < -0.3 is 20.8 Å². The van der Waals surface area contributed by atoms with E-state index in [-0.39, 0.29) is 36.5 Å². The number of rotatable bonds is 5. The van der Waals surface area contributed by atoms with Crippen LogP contribution in [0.1, 0.15) is 73.7 Å². The molecule has 0 bridgehead atoms. The molecule has 0 heterocycles. The predicted molar refractivity (Wildman–Crippen MR) is 159 cm³/mol. The molecule has 6 rings (SSSR count). The molecule has 244 valence electrons. The van der Waals surface area contributed by atoms with Gasteiger partial charge >= 0.3 is 24.1 Å². The highest BCUT2D eigenvalue weighted by Gasteiger charge is 2.79. The SMILES string of the molecule is C[C@]12C[C@H](c3ccc(NC(=O)Nc4ccc(C(=O)O)cc4)cc3)C3=C4CCC(=O)C=C4CCC3C1CC[C@@]2(O)C(F)(F)C(F)(F)F. The van der Waals surface area contributed by atoms with Gasteiger partial charge in [0.25, 0.3) is 0 Å². The molecule has 2 saturated carbocycles. The molecule has 46 heavy (non-hydrogen) atoms. The lowest BCUT2D eigenvalue weighted by molar-refractivity contribution is -0.362. The van der Waals surface area contributed by atoms with Crippen LogP contribution in [-0.4, -0.2) is 45.7 Å². The standard InChI is InChI=1S/C34H33F5N2O5/c1-31-17-26(18-2-7-21(8-3-18)40-30(45)41-22-9-4-19(5-10-22)29(43)44)28-24-13-11-23(42)16-20(24)6-12-25(28)27(31)14-15-32(31,46)33(35,36)34(37,38)39/h2-5,7-10,16,25-27,46H,6,11-15,17H2,1H3,(H,43,44)(H2,40,41,45)/t25?,26-,27?,31+,32+/m1/s1. The number of hydrogen-bond acceptors (Lipinski definition) is 4. The average Bonchev–Trinajstić information content (AvgIpc) is 3.28. The maximum atomic E-state index is 15.2. The number of carboxylic acid groups (broad SMARTS) is 1. The summed E-state index contributed by atoms with van der Waals surface area (Å²) >= 11 is 0. The normalized spacial score (nSPS) is 29.3. The van der Waals surface area contributed by atoms with Crippen molar-refractivity contribution in [3.63, 3.8) is 0 Å². The van der Waals surface area contributed by atoms with Gasteiger partial charge in [0, 0.05) is 29.1 Å². The van der Waals surface area contributed by atoms with Crippen molar-refractivity contribution in [2.45, 2.75) is 75.5 Å². The molecule has 0 saturated heterocycles. The van der Waals surface area contributed by atoms with Gasteiger partial charge in [-0.15, -0.1) is 0 Å².